The van der Waals surface area contributed by atoms with Crippen LogP contribution in [-0.4, -0.2) is 13.7 Å². The quantitative estimate of drug-likeness (QED) is 0.803. The predicted molar refractivity (Wildman–Crippen MR) is 86.1 cm³/mol. The minimum absolute atomic E-state index is 0.666. The summed E-state index contributed by atoms with van der Waals surface area (Å²) in [5, 5.41) is 0. The van der Waals surface area contributed by atoms with Crippen LogP contribution in [0.2, 0.25) is 0 Å². The van der Waals surface area contributed by atoms with Gasteiger partial charge in [-0.1, -0.05) is 39.0 Å². The van der Waals surface area contributed by atoms with Crippen LogP contribution < -0.4 is 17.1 Å². The number of hydrogen-bond donors (Lipinski definition) is 0. The first-order chi connectivity index (χ1) is 10.1. The van der Waals surface area contributed by atoms with Crippen molar-refractivity contribution in [1.82, 2.24) is 13.7 Å². The molecule has 0 saturated carbocycles. The van der Waals surface area contributed by atoms with Gasteiger partial charge >= 0.3 is 17.1 Å². The third-order valence-corrected chi connectivity index (χ3v) is 2.71. The number of nitrogens with zero attached hydrogens (tertiary/aromatic N) is 3. The Hall–Kier alpha value is -2.37. The van der Waals surface area contributed by atoms with Gasteiger partial charge in [-0.15, -0.1) is 0 Å². The molecule has 0 aliphatic rings. The molecule has 0 aromatic carbocycles. The largest absolute Gasteiger partial charge is 0.344 e. The van der Waals surface area contributed by atoms with Crippen molar-refractivity contribution in [3.8, 4) is 0 Å². The summed E-state index contributed by atoms with van der Waals surface area (Å²) in [6, 6.07) is 0. The lowest BCUT2D eigenvalue weighted by atomic mass is 10.4. The van der Waals surface area contributed by atoms with Crippen molar-refractivity contribution in [3.63, 3.8) is 0 Å². The fourth-order valence-corrected chi connectivity index (χ4v) is 1.61. The Morgan fingerprint density at radius 2 is 0.857 bits per heavy atom. The van der Waals surface area contributed by atoms with E-state index < -0.39 is 17.1 Å². The van der Waals surface area contributed by atoms with Crippen molar-refractivity contribution < 1.29 is 0 Å². The summed E-state index contributed by atoms with van der Waals surface area (Å²) in [7, 11) is 0. The van der Waals surface area contributed by atoms with Gasteiger partial charge in [0.15, 0.2) is 0 Å². The van der Waals surface area contributed by atoms with Gasteiger partial charge in [-0.3, -0.25) is 0 Å². The molecule has 1 rings (SSSR count). The van der Waals surface area contributed by atoms with Gasteiger partial charge in [-0.05, 0) is 19.3 Å². The molecule has 1 aromatic heterocycles. The molecule has 0 fully saturated rings. The van der Waals surface area contributed by atoms with Crippen molar-refractivity contribution in [1.29, 1.82) is 0 Å². The first-order valence-electron chi connectivity index (χ1n) is 7.07. The summed E-state index contributed by atoms with van der Waals surface area (Å²) in [5.41, 5.74) is -2.00. The smallest absolute Gasteiger partial charge is 0.247 e. The minimum Gasteiger partial charge on any atom is -0.247 e. The molecule has 0 spiro atoms. The SMILES string of the molecule is CCC=Cn1c(=O)n(C=CCC)c(=O)n(C=CCC)c1=O. The number of allylic oxidation sites excluding steroid dienone is 3. The molecule has 0 saturated heterocycles. The molecule has 0 radical (unpaired) electrons. The third-order valence-electron chi connectivity index (χ3n) is 2.71. The Labute approximate surface area is 123 Å². The summed E-state index contributed by atoms with van der Waals surface area (Å²) in [6.07, 6.45) is 11.3. The monoisotopic (exact) mass is 291 g/mol. The number of rotatable bonds is 6. The molecular weight excluding hydrogens is 270 g/mol. The highest BCUT2D eigenvalue weighted by Crippen LogP contribution is 1.86. The molecule has 1 aromatic rings. The van der Waals surface area contributed by atoms with Gasteiger partial charge in [0.1, 0.15) is 0 Å². The van der Waals surface area contributed by atoms with E-state index in [0.29, 0.717) is 19.3 Å². The lowest BCUT2D eigenvalue weighted by Gasteiger charge is -2.06. The molecule has 0 amide bonds. The lowest BCUT2D eigenvalue weighted by Crippen LogP contribution is -2.50. The zero-order chi connectivity index (χ0) is 15.8. The second-order valence-electron chi connectivity index (χ2n) is 4.34. The summed E-state index contributed by atoms with van der Waals surface area (Å²) < 4.78 is 2.81. The lowest BCUT2D eigenvalue weighted by molar-refractivity contribution is 0.706. The minimum atomic E-state index is -0.666. The summed E-state index contributed by atoms with van der Waals surface area (Å²) in [5.74, 6) is 0. The van der Waals surface area contributed by atoms with E-state index in [4.69, 9.17) is 0 Å². The Kier molecular flexibility index (Phi) is 6.39. The van der Waals surface area contributed by atoms with Crippen LogP contribution in [0.15, 0.2) is 32.6 Å². The van der Waals surface area contributed by atoms with Crippen LogP contribution in [0.5, 0.6) is 0 Å². The molecule has 0 aliphatic carbocycles. The third kappa shape index (κ3) is 3.81. The fourth-order valence-electron chi connectivity index (χ4n) is 1.61. The zero-order valence-corrected chi connectivity index (χ0v) is 12.7. The van der Waals surface area contributed by atoms with Gasteiger partial charge in [0.05, 0.1) is 0 Å². The van der Waals surface area contributed by atoms with Crippen molar-refractivity contribution in [2.75, 3.05) is 0 Å². The standard InChI is InChI=1S/C15H21N3O3/c1-4-7-10-16-13(19)17(11-8-5-2)15(21)18(14(16)20)12-9-6-3/h7-12H,4-6H2,1-3H3. The molecule has 0 aliphatic heterocycles. The van der Waals surface area contributed by atoms with Crippen molar-refractivity contribution in [3.05, 3.63) is 49.7 Å². The second-order valence-corrected chi connectivity index (χ2v) is 4.34. The van der Waals surface area contributed by atoms with E-state index in [1.165, 1.54) is 18.6 Å². The zero-order valence-electron chi connectivity index (χ0n) is 12.7. The molecular formula is C15H21N3O3. The molecule has 0 bridgehead atoms. The predicted octanol–water partition coefficient (Wildman–Crippen LogP) is 1.81. The van der Waals surface area contributed by atoms with Gasteiger partial charge < -0.3 is 0 Å². The Balaban J connectivity index is 3.74. The van der Waals surface area contributed by atoms with Crippen molar-refractivity contribution >= 4 is 18.6 Å². The first kappa shape index (κ1) is 16.7. The molecule has 1 heterocycles. The molecule has 0 N–H and O–H groups in total. The summed E-state index contributed by atoms with van der Waals surface area (Å²) in [6.45, 7) is 5.68. The molecule has 0 atom stereocenters. The molecule has 0 unspecified atom stereocenters. The summed E-state index contributed by atoms with van der Waals surface area (Å²) >= 11 is 0. The Morgan fingerprint density at radius 1 is 0.619 bits per heavy atom. The van der Waals surface area contributed by atoms with Gasteiger partial charge in [-0.2, -0.15) is 0 Å². The molecule has 114 valence electrons. The van der Waals surface area contributed by atoms with E-state index in [9.17, 15) is 14.4 Å². The van der Waals surface area contributed by atoms with E-state index in [-0.39, 0.29) is 0 Å². The highest BCUT2D eigenvalue weighted by atomic mass is 16.2. The summed E-state index contributed by atoms with van der Waals surface area (Å²) in [4.78, 5) is 36.7. The number of hydrogen-bond acceptors (Lipinski definition) is 3. The average molecular weight is 291 g/mol. The Morgan fingerprint density at radius 3 is 1.05 bits per heavy atom. The highest BCUT2D eigenvalue weighted by Gasteiger charge is 2.10. The maximum atomic E-state index is 12.2. The van der Waals surface area contributed by atoms with E-state index in [2.05, 4.69) is 0 Å². The average Bonchev–Trinajstić information content (AvgIpc) is 2.47. The second kappa shape index (κ2) is 8.04. The van der Waals surface area contributed by atoms with Crippen LogP contribution in [0.4, 0.5) is 0 Å². The topological polar surface area (TPSA) is 66.0 Å². The van der Waals surface area contributed by atoms with Crippen LogP contribution in [-0.2, 0) is 0 Å². The van der Waals surface area contributed by atoms with Crippen LogP contribution in [0.25, 0.3) is 18.6 Å². The normalized spacial score (nSPS) is 12.1. The maximum absolute atomic E-state index is 12.2. The van der Waals surface area contributed by atoms with Crippen LogP contribution in [0.1, 0.15) is 40.0 Å². The van der Waals surface area contributed by atoms with Crippen LogP contribution in [0, 0.1) is 0 Å². The van der Waals surface area contributed by atoms with Crippen molar-refractivity contribution in [2.45, 2.75) is 40.0 Å². The van der Waals surface area contributed by atoms with E-state index >= 15 is 0 Å². The van der Waals surface area contributed by atoms with Crippen LogP contribution in [0.3, 0.4) is 0 Å². The maximum Gasteiger partial charge on any atom is 0.344 e. The van der Waals surface area contributed by atoms with Gasteiger partial charge in [0.25, 0.3) is 0 Å². The van der Waals surface area contributed by atoms with Crippen molar-refractivity contribution in [2.24, 2.45) is 0 Å². The highest BCUT2D eigenvalue weighted by molar-refractivity contribution is 5.29. The Bertz CT molecular complexity index is 600. The van der Waals surface area contributed by atoms with E-state index in [1.54, 1.807) is 18.2 Å². The van der Waals surface area contributed by atoms with E-state index in [0.717, 1.165) is 13.7 Å². The molecule has 21 heavy (non-hydrogen) atoms. The fraction of sp³-hybridized carbons (Fsp3) is 0.400. The van der Waals surface area contributed by atoms with Gasteiger partial charge in [0.2, 0.25) is 0 Å². The van der Waals surface area contributed by atoms with Gasteiger partial charge in [-0.25, -0.2) is 28.1 Å². The van der Waals surface area contributed by atoms with Gasteiger partial charge in [0, 0.05) is 18.6 Å². The number of aromatic nitrogens is 3. The first-order valence-corrected chi connectivity index (χ1v) is 7.07. The molecule has 6 nitrogen and oxygen atoms in total. The van der Waals surface area contributed by atoms with E-state index in [1.807, 2.05) is 20.8 Å². The molecule has 6 heteroatoms. The van der Waals surface area contributed by atoms with Crippen LogP contribution >= 0.6 is 0 Å².